The van der Waals surface area contributed by atoms with Gasteiger partial charge in [-0.05, 0) is 29.8 Å². The molecule has 0 radical (unpaired) electrons. The minimum Gasteiger partial charge on any atom is -0.485 e. The summed E-state index contributed by atoms with van der Waals surface area (Å²) in [6.07, 6.45) is -4.75. The van der Waals surface area contributed by atoms with Crippen LogP contribution < -0.4 is 15.2 Å². The molecule has 0 aromatic heterocycles. The van der Waals surface area contributed by atoms with Gasteiger partial charge in [0.2, 0.25) is 0 Å². The molecule has 3 nitrogen and oxygen atoms in total. The summed E-state index contributed by atoms with van der Waals surface area (Å²) < 4.78 is 46.0. The molecule has 2 aromatic carbocycles. The Hall–Kier alpha value is -2.37. The van der Waals surface area contributed by atoms with Gasteiger partial charge in [0.05, 0.1) is 0 Å². The van der Waals surface area contributed by atoms with Crippen LogP contribution in [0.15, 0.2) is 48.5 Å². The molecule has 2 aromatic rings. The fourth-order valence-electron chi connectivity index (χ4n) is 1.62. The minimum atomic E-state index is -4.75. The van der Waals surface area contributed by atoms with E-state index in [1.807, 2.05) is 0 Å². The summed E-state index contributed by atoms with van der Waals surface area (Å²) in [7, 11) is 0. The second-order valence-electron chi connectivity index (χ2n) is 4.03. The standard InChI is InChI=1S/C14H12F3NO2/c15-14(16,17)20-13-7-2-1-6-12(13)19-9-10-4-3-5-11(18)8-10/h1-8H,9,18H2. The van der Waals surface area contributed by atoms with Gasteiger partial charge in [0, 0.05) is 5.69 Å². The first-order valence-electron chi connectivity index (χ1n) is 5.76. The molecular weight excluding hydrogens is 271 g/mol. The van der Waals surface area contributed by atoms with Gasteiger partial charge in [0.1, 0.15) is 6.61 Å². The molecule has 0 unspecified atom stereocenters. The van der Waals surface area contributed by atoms with Crippen molar-refractivity contribution >= 4 is 5.69 Å². The molecule has 0 aliphatic carbocycles. The molecule has 0 atom stereocenters. The second-order valence-corrected chi connectivity index (χ2v) is 4.03. The van der Waals surface area contributed by atoms with Crippen molar-refractivity contribution in [2.45, 2.75) is 13.0 Å². The van der Waals surface area contributed by atoms with Gasteiger partial charge in [-0.2, -0.15) is 0 Å². The van der Waals surface area contributed by atoms with Gasteiger partial charge in [-0.25, -0.2) is 0 Å². The van der Waals surface area contributed by atoms with Crippen molar-refractivity contribution in [1.29, 1.82) is 0 Å². The first-order valence-corrected chi connectivity index (χ1v) is 5.76. The normalized spacial score (nSPS) is 11.2. The smallest absolute Gasteiger partial charge is 0.485 e. The lowest BCUT2D eigenvalue weighted by atomic mass is 10.2. The Kier molecular flexibility index (Phi) is 4.02. The van der Waals surface area contributed by atoms with E-state index < -0.39 is 6.36 Å². The van der Waals surface area contributed by atoms with E-state index >= 15 is 0 Å². The summed E-state index contributed by atoms with van der Waals surface area (Å²) in [5.41, 5.74) is 6.93. The van der Waals surface area contributed by atoms with Gasteiger partial charge < -0.3 is 15.2 Å². The Morgan fingerprint density at radius 1 is 0.950 bits per heavy atom. The average molecular weight is 283 g/mol. The minimum absolute atomic E-state index is 0.0206. The SMILES string of the molecule is Nc1cccc(COc2ccccc2OC(F)(F)F)c1. The van der Waals surface area contributed by atoms with Crippen molar-refractivity contribution in [3.05, 3.63) is 54.1 Å². The maximum atomic E-state index is 12.2. The lowest BCUT2D eigenvalue weighted by Crippen LogP contribution is -2.17. The van der Waals surface area contributed by atoms with Crippen LogP contribution in [0, 0.1) is 0 Å². The number of hydrogen-bond donors (Lipinski definition) is 1. The Morgan fingerprint density at radius 3 is 2.30 bits per heavy atom. The quantitative estimate of drug-likeness (QED) is 0.869. The van der Waals surface area contributed by atoms with Crippen molar-refractivity contribution in [3.63, 3.8) is 0 Å². The van der Waals surface area contributed by atoms with Gasteiger partial charge in [-0.1, -0.05) is 24.3 Å². The molecule has 2 rings (SSSR count). The fourth-order valence-corrected chi connectivity index (χ4v) is 1.62. The molecular formula is C14H12F3NO2. The fraction of sp³-hybridized carbons (Fsp3) is 0.143. The van der Waals surface area contributed by atoms with Crippen LogP contribution in [0.5, 0.6) is 11.5 Å². The third-order valence-corrected chi connectivity index (χ3v) is 2.42. The third kappa shape index (κ3) is 4.08. The van der Waals surface area contributed by atoms with Crippen LogP contribution in [0.3, 0.4) is 0 Å². The molecule has 0 aliphatic rings. The lowest BCUT2D eigenvalue weighted by molar-refractivity contribution is -0.275. The summed E-state index contributed by atoms with van der Waals surface area (Å²) in [6.45, 7) is 0.100. The number of ether oxygens (including phenoxy) is 2. The lowest BCUT2D eigenvalue weighted by Gasteiger charge is -2.14. The molecule has 6 heteroatoms. The molecule has 0 bridgehead atoms. The van der Waals surface area contributed by atoms with Gasteiger partial charge in [0.15, 0.2) is 11.5 Å². The zero-order chi connectivity index (χ0) is 14.6. The van der Waals surface area contributed by atoms with E-state index in [1.165, 1.54) is 18.2 Å². The highest BCUT2D eigenvalue weighted by Crippen LogP contribution is 2.32. The molecule has 0 saturated heterocycles. The van der Waals surface area contributed by atoms with Crippen LogP contribution in [0.2, 0.25) is 0 Å². The predicted molar refractivity (Wildman–Crippen MR) is 68.3 cm³/mol. The zero-order valence-corrected chi connectivity index (χ0v) is 10.4. The van der Waals surface area contributed by atoms with Crippen LogP contribution in [0.1, 0.15) is 5.56 Å². The molecule has 106 valence electrons. The number of anilines is 1. The van der Waals surface area contributed by atoms with Crippen LogP contribution in [0.4, 0.5) is 18.9 Å². The van der Waals surface area contributed by atoms with Crippen molar-refractivity contribution in [1.82, 2.24) is 0 Å². The van der Waals surface area contributed by atoms with Crippen molar-refractivity contribution in [3.8, 4) is 11.5 Å². The van der Waals surface area contributed by atoms with Gasteiger partial charge in [0.25, 0.3) is 0 Å². The number of nitrogens with two attached hydrogens (primary N) is 1. The predicted octanol–water partition coefficient (Wildman–Crippen LogP) is 3.75. The van der Waals surface area contributed by atoms with E-state index in [9.17, 15) is 13.2 Å². The van der Waals surface area contributed by atoms with E-state index in [4.69, 9.17) is 10.5 Å². The Labute approximate surface area is 113 Å². The van der Waals surface area contributed by atoms with Crippen LogP contribution >= 0.6 is 0 Å². The van der Waals surface area contributed by atoms with E-state index in [1.54, 1.807) is 30.3 Å². The Morgan fingerprint density at radius 2 is 1.65 bits per heavy atom. The van der Waals surface area contributed by atoms with Crippen LogP contribution in [0.25, 0.3) is 0 Å². The van der Waals surface area contributed by atoms with Crippen LogP contribution in [-0.4, -0.2) is 6.36 Å². The molecule has 0 saturated carbocycles. The second kappa shape index (κ2) is 5.73. The summed E-state index contributed by atoms with van der Waals surface area (Å²) in [6, 6.07) is 12.5. The number of para-hydroxylation sites is 2. The molecule has 0 spiro atoms. The number of halogens is 3. The van der Waals surface area contributed by atoms with E-state index in [0.717, 1.165) is 5.56 Å². The Balaban J connectivity index is 2.09. The number of benzene rings is 2. The number of nitrogen functional groups attached to an aromatic ring is 1. The van der Waals surface area contributed by atoms with E-state index in [-0.39, 0.29) is 18.1 Å². The highest BCUT2D eigenvalue weighted by Gasteiger charge is 2.32. The topological polar surface area (TPSA) is 44.5 Å². The largest absolute Gasteiger partial charge is 0.573 e. The van der Waals surface area contributed by atoms with Crippen LogP contribution in [-0.2, 0) is 6.61 Å². The summed E-state index contributed by atoms with van der Waals surface area (Å²) >= 11 is 0. The Bertz CT molecular complexity index is 585. The third-order valence-electron chi connectivity index (χ3n) is 2.42. The van der Waals surface area contributed by atoms with Gasteiger partial charge in [-0.3, -0.25) is 0 Å². The number of hydrogen-bond acceptors (Lipinski definition) is 3. The van der Waals surface area contributed by atoms with Gasteiger partial charge >= 0.3 is 6.36 Å². The highest BCUT2D eigenvalue weighted by molar-refractivity contribution is 5.42. The average Bonchev–Trinajstić information content (AvgIpc) is 2.36. The highest BCUT2D eigenvalue weighted by atomic mass is 19.4. The maximum Gasteiger partial charge on any atom is 0.573 e. The molecule has 0 aliphatic heterocycles. The van der Waals surface area contributed by atoms with Crippen molar-refractivity contribution in [2.75, 3.05) is 5.73 Å². The summed E-state index contributed by atoms with van der Waals surface area (Å²) in [5, 5.41) is 0. The van der Waals surface area contributed by atoms with Crippen molar-refractivity contribution < 1.29 is 22.6 Å². The first kappa shape index (κ1) is 14.0. The monoisotopic (exact) mass is 283 g/mol. The summed E-state index contributed by atoms with van der Waals surface area (Å²) in [4.78, 5) is 0. The maximum absolute atomic E-state index is 12.2. The number of alkyl halides is 3. The van der Waals surface area contributed by atoms with E-state index in [2.05, 4.69) is 4.74 Å². The molecule has 2 N–H and O–H groups in total. The van der Waals surface area contributed by atoms with Crippen molar-refractivity contribution in [2.24, 2.45) is 0 Å². The first-order chi connectivity index (χ1) is 9.44. The zero-order valence-electron chi connectivity index (χ0n) is 10.4. The molecule has 0 amide bonds. The molecule has 0 heterocycles. The van der Waals surface area contributed by atoms with E-state index in [0.29, 0.717) is 5.69 Å². The molecule has 0 fully saturated rings. The van der Waals surface area contributed by atoms with Gasteiger partial charge in [-0.15, -0.1) is 13.2 Å². The summed E-state index contributed by atoms with van der Waals surface area (Å²) in [5.74, 6) is -0.351. The molecule has 20 heavy (non-hydrogen) atoms. The number of rotatable bonds is 4.